The topological polar surface area (TPSA) is 77.8 Å². The first-order chi connectivity index (χ1) is 8.39. The van der Waals surface area contributed by atoms with Gasteiger partial charge in [-0.15, -0.1) is 0 Å². The number of sulfonamides is 1. The maximum absolute atomic E-state index is 12.4. The monoisotopic (exact) mass is 273 g/mol. The van der Waals surface area contributed by atoms with Crippen LogP contribution in [0.4, 0.5) is 0 Å². The van der Waals surface area contributed by atoms with E-state index in [2.05, 4.69) is 0 Å². The van der Waals surface area contributed by atoms with Crippen molar-refractivity contribution in [3.63, 3.8) is 0 Å². The van der Waals surface area contributed by atoms with Gasteiger partial charge in [0.25, 0.3) is 0 Å². The first-order valence-corrected chi connectivity index (χ1v) is 7.25. The molecule has 0 fully saturated rings. The van der Waals surface area contributed by atoms with Crippen LogP contribution in [0.2, 0.25) is 0 Å². The Morgan fingerprint density at radius 3 is 2.22 bits per heavy atom. The van der Waals surface area contributed by atoms with E-state index in [-0.39, 0.29) is 29.8 Å². The van der Waals surface area contributed by atoms with Crippen LogP contribution in [-0.4, -0.2) is 42.1 Å². The van der Waals surface area contributed by atoms with Crippen LogP contribution in [0, 0.1) is 0 Å². The highest BCUT2D eigenvalue weighted by Gasteiger charge is 2.26. The fourth-order valence-electron chi connectivity index (χ4n) is 1.64. The Bertz CT molecular complexity index is 467. The van der Waals surface area contributed by atoms with Crippen molar-refractivity contribution in [3.8, 4) is 5.75 Å². The van der Waals surface area contributed by atoms with Crippen molar-refractivity contribution in [2.24, 2.45) is 0 Å². The number of hydrogen-bond donors (Lipinski definition) is 2. The second-order valence-corrected chi connectivity index (χ2v) is 6.17. The summed E-state index contributed by atoms with van der Waals surface area (Å²) in [5, 5.41) is 18.0. The van der Waals surface area contributed by atoms with Crippen LogP contribution in [0.5, 0.6) is 5.75 Å². The van der Waals surface area contributed by atoms with E-state index in [4.69, 9.17) is 5.11 Å². The molecule has 1 aromatic carbocycles. The van der Waals surface area contributed by atoms with E-state index in [9.17, 15) is 13.5 Å². The highest BCUT2D eigenvalue weighted by atomic mass is 32.2. The first-order valence-electron chi connectivity index (χ1n) is 5.81. The largest absolute Gasteiger partial charge is 0.508 e. The van der Waals surface area contributed by atoms with E-state index in [0.717, 1.165) is 0 Å². The highest BCUT2D eigenvalue weighted by Crippen LogP contribution is 2.20. The Morgan fingerprint density at radius 1 is 1.22 bits per heavy atom. The van der Waals surface area contributed by atoms with Crippen LogP contribution < -0.4 is 0 Å². The van der Waals surface area contributed by atoms with Crippen LogP contribution in [-0.2, 0) is 10.0 Å². The number of phenolic OH excluding ortho intramolecular Hbond substituents is 1. The molecule has 0 aliphatic rings. The zero-order valence-corrected chi connectivity index (χ0v) is 11.4. The normalized spacial score (nSPS) is 12.3. The molecule has 0 bridgehead atoms. The van der Waals surface area contributed by atoms with Crippen LogP contribution in [0.15, 0.2) is 29.2 Å². The number of phenols is 1. The number of aliphatic hydroxyl groups excluding tert-OH is 1. The standard InChI is InChI=1S/C12H19NO4S/c1-10(2)13(8-3-9-14)18(16,17)12-6-4-11(15)5-7-12/h4-7,10,14-15H,3,8-9H2,1-2H3. The third-order valence-corrected chi connectivity index (χ3v) is 4.65. The predicted octanol–water partition coefficient (Wildman–Crippen LogP) is 1.17. The zero-order chi connectivity index (χ0) is 13.8. The lowest BCUT2D eigenvalue weighted by Gasteiger charge is -2.25. The van der Waals surface area contributed by atoms with Crippen molar-refractivity contribution in [1.82, 2.24) is 4.31 Å². The van der Waals surface area contributed by atoms with Crippen LogP contribution in [0.1, 0.15) is 20.3 Å². The highest BCUT2D eigenvalue weighted by molar-refractivity contribution is 7.89. The summed E-state index contributed by atoms with van der Waals surface area (Å²) < 4.78 is 26.1. The van der Waals surface area contributed by atoms with Gasteiger partial charge in [-0.1, -0.05) is 0 Å². The molecule has 0 aromatic heterocycles. The second-order valence-electron chi connectivity index (χ2n) is 4.28. The minimum Gasteiger partial charge on any atom is -0.508 e. The van der Waals surface area contributed by atoms with E-state index < -0.39 is 10.0 Å². The van der Waals surface area contributed by atoms with Gasteiger partial charge in [-0.2, -0.15) is 4.31 Å². The van der Waals surface area contributed by atoms with Crippen molar-refractivity contribution in [2.45, 2.75) is 31.2 Å². The molecular formula is C12H19NO4S. The van der Waals surface area contributed by atoms with Gasteiger partial charge in [-0.3, -0.25) is 0 Å². The molecule has 0 unspecified atom stereocenters. The SMILES string of the molecule is CC(C)N(CCCO)S(=O)(=O)c1ccc(O)cc1. The van der Waals surface area contributed by atoms with Gasteiger partial charge in [0.2, 0.25) is 10.0 Å². The summed E-state index contributed by atoms with van der Waals surface area (Å²) in [4.78, 5) is 0.145. The smallest absolute Gasteiger partial charge is 0.243 e. The maximum Gasteiger partial charge on any atom is 0.243 e. The second kappa shape index (κ2) is 6.17. The molecule has 102 valence electrons. The average molecular weight is 273 g/mol. The average Bonchev–Trinajstić information content (AvgIpc) is 2.29. The Morgan fingerprint density at radius 2 is 1.78 bits per heavy atom. The summed E-state index contributed by atoms with van der Waals surface area (Å²) in [6, 6.07) is 5.25. The first kappa shape index (κ1) is 14.9. The van der Waals surface area contributed by atoms with Crippen molar-refractivity contribution in [2.75, 3.05) is 13.2 Å². The summed E-state index contributed by atoms with van der Waals surface area (Å²) in [7, 11) is -3.58. The molecule has 6 heteroatoms. The van der Waals surface area contributed by atoms with Crippen molar-refractivity contribution >= 4 is 10.0 Å². The molecule has 2 N–H and O–H groups in total. The van der Waals surface area contributed by atoms with Crippen LogP contribution in [0.25, 0.3) is 0 Å². The molecule has 18 heavy (non-hydrogen) atoms. The minimum absolute atomic E-state index is 0.0282. The van der Waals surface area contributed by atoms with Gasteiger partial charge in [0.1, 0.15) is 5.75 Å². The Hall–Kier alpha value is -1.11. The zero-order valence-electron chi connectivity index (χ0n) is 10.6. The summed E-state index contributed by atoms with van der Waals surface area (Å²) >= 11 is 0. The molecule has 0 atom stereocenters. The Balaban J connectivity index is 3.05. The molecule has 1 rings (SSSR count). The third-order valence-electron chi connectivity index (χ3n) is 2.56. The summed E-state index contributed by atoms with van der Waals surface area (Å²) in [5.74, 6) is 0.0282. The fourth-order valence-corrected chi connectivity index (χ4v) is 3.31. The van der Waals surface area contributed by atoms with E-state index >= 15 is 0 Å². The van der Waals surface area contributed by atoms with Gasteiger partial charge in [-0.05, 0) is 44.5 Å². The molecule has 1 aromatic rings. The Kier molecular flexibility index (Phi) is 5.13. The van der Waals surface area contributed by atoms with E-state index in [1.165, 1.54) is 28.6 Å². The number of aromatic hydroxyl groups is 1. The van der Waals surface area contributed by atoms with Crippen molar-refractivity contribution in [3.05, 3.63) is 24.3 Å². The molecule has 0 amide bonds. The van der Waals surface area contributed by atoms with Crippen LogP contribution >= 0.6 is 0 Å². The van der Waals surface area contributed by atoms with Crippen LogP contribution in [0.3, 0.4) is 0 Å². The van der Waals surface area contributed by atoms with E-state index in [0.29, 0.717) is 6.42 Å². The maximum atomic E-state index is 12.4. The summed E-state index contributed by atoms with van der Waals surface area (Å²) in [6.45, 7) is 3.80. The van der Waals surface area contributed by atoms with Gasteiger partial charge in [0.15, 0.2) is 0 Å². The molecule has 0 saturated heterocycles. The number of hydrogen-bond acceptors (Lipinski definition) is 4. The third kappa shape index (κ3) is 3.44. The van der Waals surface area contributed by atoms with Crippen molar-refractivity contribution < 1.29 is 18.6 Å². The lowest BCUT2D eigenvalue weighted by atomic mass is 10.3. The Labute approximate surface area is 108 Å². The van der Waals surface area contributed by atoms with E-state index in [1.807, 2.05) is 0 Å². The van der Waals surface area contributed by atoms with Crippen molar-refractivity contribution in [1.29, 1.82) is 0 Å². The number of nitrogens with zero attached hydrogens (tertiary/aromatic N) is 1. The summed E-state index contributed by atoms with van der Waals surface area (Å²) in [6.07, 6.45) is 0.398. The predicted molar refractivity (Wildman–Crippen MR) is 68.8 cm³/mol. The number of aliphatic hydroxyl groups is 1. The molecule has 5 nitrogen and oxygen atoms in total. The molecule has 0 aliphatic heterocycles. The number of benzene rings is 1. The van der Waals surface area contributed by atoms with E-state index in [1.54, 1.807) is 13.8 Å². The molecule has 0 heterocycles. The van der Waals surface area contributed by atoms with Gasteiger partial charge in [0, 0.05) is 19.2 Å². The lowest BCUT2D eigenvalue weighted by Crippen LogP contribution is -2.38. The molecule has 0 radical (unpaired) electrons. The molecular weight excluding hydrogens is 254 g/mol. The number of rotatable bonds is 6. The van der Waals surface area contributed by atoms with Gasteiger partial charge >= 0.3 is 0 Å². The van der Waals surface area contributed by atoms with Gasteiger partial charge in [0.05, 0.1) is 4.90 Å². The van der Waals surface area contributed by atoms with Gasteiger partial charge in [-0.25, -0.2) is 8.42 Å². The molecule has 0 saturated carbocycles. The quantitative estimate of drug-likeness (QED) is 0.815. The molecule has 0 aliphatic carbocycles. The summed E-state index contributed by atoms with van der Waals surface area (Å²) in [5.41, 5.74) is 0. The molecule has 0 spiro atoms. The lowest BCUT2D eigenvalue weighted by molar-refractivity contribution is 0.258. The van der Waals surface area contributed by atoms with Gasteiger partial charge < -0.3 is 10.2 Å². The minimum atomic E-state index is -3.58. The fraction of sp³-hybridized carbons (Fsp3) is 0.500.